The molecule has 0 radical (unpaired) electrons. The van der Waals surface area contributed by atoms with Crippen LogP contribution in [0.15, 0.2) is 72.8 Å². The molecular formula is C24H19ClINO3. The molecular weight excluding hydrogens is 513 g/mol. The molecule has 1 N–H and O–H groups in total. The van der Waals surface area contributed by atoms with E-state index in [-0.39, 0.29) is 12.2 Å². The van der Waals surface area contributed by atoms with Gasteiger partial charge in [-0.15, -0.1) is 0 Å². The number of aliphatic hydroxyl groups is 1. The molecule has 0 saturated heterocycles. The average molecular weight is 532 g/mol. The highest BCUT2D eigenvalue weighted by molar-refractivity contribution is 14.1. The van der Waals surface area contributed by atoms with Gasteiger partial charge in [-0.3, -0.25) is 9.59 Å². The first-order valence-electron chi connectivity index (χ1n) is 9.55. The molecule has 0 aromatic heterocycles. The second kappa shape index (κ2) is 8.49. The number of carbonyl (C=O) groups excluding carboxylic acids is 2. The Kier molecular flexibility index (Phi) is 5.95. The zero-order chi connectivity index (χ0) is 21.3. The van der Waals surface area contributed by atoms with E-state index in [1.165, 1.54) is 0 Å². The molecule has 4 nitrogen and oxygen atoms in total. The van der Waals surface area contributed by atoms with E-state index >= 15 is 0 Å². The van der Waals surface area contributed by atoms with Crippen LogP contribution in [-0.4, -0.2) is 23.3 Å². The van der Waals surface area contributed by atoms with E-state index in [4.69, 9.17) is 11.6 Å². The number of rotatable bonds is 6. The first-order valence-corrected chi connectivity index (χ1v) is 11.0. The van der Waals surface area contributed by atoms with Crippen molar-refractivity contribution in [3.8, 4) is 0 Å². The van der Waals surface area contributed by atoms with Crippen molar-refractivity contribution in [3.63, 3.8) is 0 Å². The number of benzene rings is 3. The molecule has 1 heterocycles. The Hall–Kier alpha value is -2.22. The standard InChI is InChI=1S/C24H19ClINO3/c25-18-8-11-21-20(14-18)24(30,15-22(28)17-6-9-19(26)10-7-17)23(29)27(21)13-12-16-4-2-1-3-5-16/h1-11,14,30H,12-13,15H2. The van der Waals surface area contributed by atoms with Gasteiger partial charge in [0.05, 0.1) is 12.1 Å². The molecule has 1 unspecified atom stereocenters. The third-order valence-corrected chi connectivity index (χ3v) is 6.30. The summed E-state index contributed by atoms with van der Waals surface area (Å²) in [6.45, 7) is 0.400. The number of carbonyl (C=O) groups is 2. The Bertz CT molecular complexity index is 1100. The van der Waals surface area contributed by atoms with Gasteiger partial charge < -0.3 is 10.0 Å². The van der Waals surface area contributed by atoms with Crippen molar-refractivity contribution in [2.24, 2.45) is 0 Å². The van der Waals surface area contributed by atoms with Gasteiger partial charge >= 0.3 is 0 Å². The normalized spacial score (nSPS) is 17.8. The van der Waals surface area contributed by atoms with E-state index in [1.807, 2.05) is 42.5 Å². The van der Waals surface area contributed by atoms with Crippen molar-refractivity contribution in [2.45, 2.75) is 18.4 Å². The number of ketones is 1. The lowest BCUT2D eigenvalue weighted by molar-refractivity contribution is -0.135. The smallest absolute Gasteiger partial charge is 0.264 e. The van der Waals surface area contributed by atoms with E-state index in [1.54, 1.807) is 35.2 Å². The van der Waals surface area contributed by atoms with Gasteiger partial charge in [0.25, 0.3) is 5.91 Å². The van der Waals surface area contributed by atoms with Crippen LogP contribution in [0, 0.1) is 3.57 Å². The van der Waals surface area contributed by atoms with Gasteiger partial charge in [0.1, 0.15) is 0 Å². The minimum Gasteiger partial charge on any atom is -0.375 e. The molecule has 0 spiro atoms. The molecule has 0 fully saturated rings. The van der Waals surface area contributed by atoms with Gasteiger partial charge in [0, 0.05) is 26.3 Å². The lowest BCUT2D eigenvalue weighted by atomic mass is 9.88. The monoisotopic (exact) mass is 531 g/mol. The largest absolute Gasteiger partial charge is 0.375 e. The number of anilines is 1. The van der Waals surface area contributed by atoms with Crippen molar-refractivity contribution >= 4 is 51.6 Å². The maximum absolute atomic E-state index is 13.3. The summed E-state index contributed by atoms with van der Waals surface area (Å²) in [6, 6.07) is 21.9. The molecule has 1 amide bonds. The van der Waals surface area contributed by atoms with Crippen LogP contribution in [0.1, 0.15) is 27.9 Å². The Morgan fingerprint density at radius 1 is 1.03 bits per heavy atom. The summed E-state index contributed by atoms with van der Waals surface area (Å²) in [5.74, 6) is -0.785. The molecule has 0 aliphatic carbocycles. The molecule has 3 aromatic rings. The van der Waals surface area contributed by atoms with Crippen LogP contribution in [0.3, 0.4) is 0 Å². The SMILES string of the molecule is O=C(CC1(O)C(=O)N(CCc2ccccc2)c2ccc(Cl)cc21)c1ccc(I)cc1. The molecule has 1 aliphatic heterocycles. The summed E-state index contributed by atoms with van der Waals surface area (Å²) < 4.78 is 1.00. The number of amides is 1. The Balaban J connectivity index is 1.64. The summed E-state index contributed by atoms with van der Waals surface area (Å²) >= 11 is 8.32. The Labute approximate surface area is 193 Å². The summed E-state index contributed by atoms with van der Waals surface area (Å²) in [4.78, 5) is 27.7. The van der Waals surface area contributed by atoms with Crippen molar-refractivity contribution < 1.29 is 14.7 Å². The van der Waals surface area contributed by atoms with E-state index < -0.39 is 11.5 Å². The average Bonchev–Trinajstić information content (AvgIpc) is 2.94. The fourth-order valence-corrected chi connectivity index (χ4v) is 4.30. The fraction of sp³-hybridized carbons (Fsp3) is 0.167. The minimum atomic E-state index is -1.93. The van der Waals surface area contributed by atoms with Crippen LogP contribution in [0.4, 0.5) is 5.69 Å². The highest BCUT2D eigenvalue weighted by atomic mass is 127. The number of halogens is 2. The van der Waals surface area contributed by atoms with Crippen LogP contribution in [-0.2, 0) is 16.8 Å². The predicted octanol–water partition coefficient (Wildman–Crippen LogP) is 4.99. The zero-order valence-corrected chi connectivity index (χ0v) is 18.9. The molecule has 4 rings (SSSR count). The Morgan fingerprint density at radius 2 is 1.73 bits per heavy atom. The van der Waals surface area contributed by atoms with E-state index in [0.29, 0.717) is 34.8 Å². The van der Waals surface area contributed by atoms with Crippen LogP contribution < -0.4 is 4.90 Å². The lowest BCUT2D eigenvalue weighted by Gasteiger charge is -2.23. The van der Waals surface area contributed by atoms with Crippen LogP contribution >= 0.6 is 34.2 Å². The Morgan fingerprint density at radius 3 is 2.43 bits per heavy atom. The predicted molar refractivity (Wildman–Crippen MR) is 126 cm³/mol. The molecule has 1 aliphatic rings. The number of fused-ring (bicyclic) bond motifs is 1. The topological polar surface area (TPSA) is 57.6 Å². The molecule has 3 aromatic carbocycles. The third-order valence-electron chi connectivity index (χ3n) is 5.34. The highest BCUT2D eigenvalue weighted by Crippen LogP contribution is 2.44. The van der Waals surface area contributed by atoms with E-state index in [0.717, 1.165) is 9.13 Å². The number of Topliss-reactive ketones (excluding diaryl/α,β-unsaturated/α-hetero) is 1. The van der Waals surface area contributed by atoms with Gasteiger partial charge in [0.15, 0.2) is 11.4 Å². The summed E-state index contributed by atoms with van der Waals surface area (Å²) in [5.41, 5.74) is 0.594. The summed E-state index contributed by atoms with van der Waals surface area (Å²) in [5, 5.41) is 11.8. The minimum absolute atomic E-state index is 0.293. The van der Waals surface area contributed by atoms with Crippen molar-refractivity contribution in [3.05, 3.63) is 98.1 Å². The van der Waals surface area contributed by atoms with Crippen LogP contribution in [0.2, 0.25) is 5.02 Å². The number of hydrogen-bond acceptors (Lipinski definition) is 3. The number of hydrogen-bond donors (Lipinski definition) is 1. The second-order valence-corrected chi connectivity index (χ2v) is 9.00. The maximum atomic E-state index is 13.3. The zero-order valence-electron chi connectivity index (χ0n) is 16.0. The van der Waals surface area contributed by atoms with Gasteiger partial charge in [-0.2, -0.15) is 0 Å². The van der Waals surface area contributed by atoms with Crippen LogP contribution in [0.5, 0.6) is 0 Å². The van der Waals surface area contributed by atoms with Gasteiger partial charge in [-0.05, 0) is 64.9 Å². The maximum Gasteiger partial charge on any atom is 0.264 e. The summed E-state index contributed by atoms with van der Waals surface area (Å²) in [7, 11) is 0. The molecule has 0 saturated carbocycles. The first kappa shape index (κ1) is 21.0. The number of nitrogens with zero attached hydrogens (tertiary/aromatic N) is 1. The van der Waals surface area contributed by atoms with Crippen LogP contribution in [0.25, 0.3) is 0 Å². The summed E-state index contributed by atoms with van der Waals surface area (Å²) in [6.07, 6.45) is 0.303. The molecule has 30 heavy (non-hydrogen) atoms. The van der Waals surface area contributed by atoms with Gasteiger partial charge in [0.2, 0.25) is 0 Å². The quantitative estimate of drug-likeness (QED) is 0.360. The third kappa shape index (κ3) is 4.02. The van der Waals surface area contributed by atoms with Crippen molar-refractivity contribution in [2.75, 3.05) is 11.4 Å². The highest BCUT2D eigenvalue weighted by Gasteiger charge is 2.50. The molecule has 152 valence electrons. The van der Waals surface area contributed by atoms with Gasteiger partial charge in [-0.1, -0.05) is 54.1 Å². The van der Waals surface area contributed by atoms with Gasteiger partial charge in [-0.25, -0.2) is 0 Å². The van der Waals surface area contributed by atoms with E-state index in [9.17, 15) is 14.7 Å². The second-order valence-electron chi connectivity index (χ2n) is 7.32. The van der Waals surface area contributed by atoms with Crippen molar-refractivity contribution in [1.82, 2.24) is 0 Å². The first-order chi connectivity index (χ1) is 14.4. The fourth-order valence-electron chi connectivity index (χ4n) is 3.77. The molecule has 0 bridgehead atoms. The molecule has 1 atom stereocenters. The van der Waals surface area contributed by atoms with E-state index in [2.05, 4.69) is 22.6 Å². The van der Waals surface area contributed by atoms with Crippen molar-refractivity contribution in [1.29, 1.82) is 0 Å². The lowest BCUT2D eigenvalue weighted by Crippen LogP contribution is -2.42. The molecule has 6 heteroatoms.